The zero-order chi connectivity index (χ0) is 17.9. The lowest BCUT2D eigenvalue weighted by Gasteiger charge is -2.06. The molecule has 5 nitrogen and oxygen atoms in total. The highest BCUT2D eigenvalue weighted by atomic mass is 16.7. The summed E-state index contributed by atoms with van der Waals surface area (Å²) in [5.74, 6) is 1.01. The minimum Gasteiger partial charge on any atom is -0.454 e. The third-order valence-electron chi connectivity index (χ3n) is 4.31. The fraction of sp³-hybridized carbons (Fsp3) is 0.143. The van der Waals surface area contributed by atoms with E-state index in [1.54, 1.807) is 24.3 Å². The van der Waals surface area contributed by atoms with E-state index in [1.165, 1.54) is 0 Å². The van der Waals surface area contributed by atoms with E-state index in [4.69, 9.17) is 9.47 Å². The van der Waals surface area contributed by atoms with Gasteiger partial charge in [0.2, 0.25) is 12.7 Å². The van der Waals surface area contributed by atoms with Gasteiger partial charge in [0, 0.05) is 30.2 Å². The normalized spacial score (nSPS) is 12.2. The molecule has 1 amide bonds. The van der Waals surface area contributed by atoms with Crippen molar-refractivity contribution in [1.82, 2.24) is 0 Å². The number of hydrogen-bond donors (Lipinski definition) is 1. The monoisotopic (exact) mass is 347 g/mol. The van der Waals surface area contributed by atoms with Gasteiger partial charge < -0.3 is 14.8 Å². The quantitative estimate of drug-likeness (QED) is 0.704. The van der Waals surface area contributed by atoms with Crippen molar-refractivity contribution < 1.29 is 19.1 Å². The lowest BCUT2D eigenvalue weighted by Crippen LogP contribution is -2.13. The molecule has 4 rings (SSSR count). The van der Waals surface area contributed by atoms with E-state index in [1.807, 2.05) is 36.4 Å². The van der Waals surface area contributed by atoms with Crippen molar-refractivity contribution in [1.29, 1.82) is 0 Å². The Kier molecular flexibility index (Phi) is 4.27. The minimum absolute atomic E-state index is 0.0448. The van der Waals surface area contributed by atoms with Crippen molar-refractivity contribution in [2.45, 2.75) is 12.8 Å². The number of nitrogens with one attached hydrogen (secondary N) is 1. The standard InChI is InChI=1S/C21H17NO4/c23-18(16-6-5-14-3-1-2-4-15(14)11-16)8-10-21(24)22-17-7-9-19-20(12-17)26-13-25-19/h1-7,9,11-12H,8,10,13H2,(H,22,24). The molecule has 0 aliphatic carbocycles. The van der Waals surface area contributed by atoms with Gasteiger partial charge in [0.25, 0.3) is 0 Å². The van der Waals surface area contributed by atoms with Crippen LogP contribution >= 0.6 is 0 Å². The third-order valence-corrected chi connectivity index (χ3v) is 4.31. The Morgan fingerprint density at radius 2 is 1.65 bits per heavy atom. The summed E-state index contributed by atoms with van der Waals surface area (Å²) in [5, 5.41) is 4.89. The topological polar surface area (TPSA) is 64.6 Å². The molecule has 0 fully saturated rings. The molecule has 1 heterocycles. The number of ether oxygens (including phenoxy) is 2. The number of carbonyl (C=O) groups excluding carboxylic acids is 2. The molecule has 1 aliphatic heterocycles. The molecular formula is C21H17NO4. The molecule has 130 valence electrons. The molecule has 5 heteroatoms. The molecule has 0 saturated carbocycles. The fourth-order valence-electron chi connectivity index (χ4n) is 2.93. The van der Waals surface area contributed by atoms with Gasteiger partial charge in [0.15, 0.2) is 17.3 Å². The molecule has 0 radical (unpaired) electrons. The van der Waals surface area contributed by atoms with Crippen molar-refractivity contribution in [2.24, 2.45) is 0 Å². The molecule has 3 aromatic carbocycles. The Hall–Kier alpha value is -3.34. The van der Waals surface area contributed by atoms with Gasteiger partial charge in [-0.3, -0.25) is 9.59 Å². The first kappa shape index (κ1) is 16.1. The Bertz CT molecular complexity index is 996. The summed E-state index contributed by atoms with van der Waals surface area (Å²) in [5.41, 5.74) is 1.25. The second-order valence-corrected chi connectivity index (χ2v) is 6.10. The number of benzene rings is 3. The maximum atomic E-state index is 12.4. The summed E-state index contributed by atoms with van der Waals surface area (Å²) >= 11 is 0. The van der Waals surface area contributed by atoms with Crippen LogP contribution in [0.15, 0.2) is 60.7 Å². The van der Waals surface area contributed by atoms with Gasteiger partial charge >= 0.3 is 0 Å². The summed E-state index contributed by atoms with van der Waals surface area (Å²) in [6, 6.07) is 18.7. The molecule has 3 aromatic rings. The van der Waals surface area contributed by atoms with Crippen molar-refractivity contribution in [3.05, 3.63) is 66.2 Å². The molecule has 0 atom stereocenters. The van der Waals surface area contributed by atoms with Gasteiger partial charge in [-0.2, -0.15) is 0 Å². The van der Waals surface area contributed by atoms with Crippen LogP contribution in [-0.4, -0.2) is 18.5 Å². The average molecular weight is 347 g/mol. The predicted molar refractivity (Wildman–Crippen MR) is 98.7 cm³/mol. The first-order valence-electron chi connectivity index (χ1n) is 8.40. The third kappa shape index (κ3) is 3.37. The molecule has 0 aromatic heterocycles. The highest BCUT2D eigenvalue weighted by molar-refractivity contribution is 6.02. The first-order chi connectivity index (χ1) is 12.7. The molecule has 0 spiro atoms. The van der Waals surface area contributed by atoms with E-state index >= 15 is 0 Å². The van der Waals surface area contributed by atoms with Crippen LogP contribution in [0.2, 0.25) is 0 Å². The van der Waals surface area contributed by atoms with Gasteiger partial charge in [0.1, 0.15) is 0 Å². The number of hydrogen-bond acceptors (Lipinski definition) is 4. The maximum Gasteiger partial charge on any atom is 0.231 e. The predicted octanol–water partition coefficient (Wildman–Crippen LogP) is 4.17. The number of ketones is 1. The second-order valence-electron chi connectivity index (χ2n) is 6.10. The maximum absolute atomic E-state index is 12.4. The summed E-state index contributed by atoms with van der Waals surface area (Å²) in [4.78, 5) is 24.5. The summed E-state index contributed by atoms with van der Waals surface area (Å²) in [7, 11) is 0. The minimum atomic E-state index is -0.210. The molecule has 0 unspecified atom stereocenters. The molecule has 0 saturated heterocycles. The summed E-state index contributed by atoms with van der Waals surface area (Å²) < 4.78 is 10.5. The smallest absolute Gasteiger partial charge is 0.231 e. The van der Waals surface area contributed by atoms with E-state index in [2.05, 4.69) is 5.32 Å². The number of fused-ring (bicyclic) bond motifs is 2. The molecule has 26 heavy (non-hydrogen) atoms. The Morgan fingerprint density at radius 1 is 0.846 bits per heavy atom. The van der Waals surface area contributed by atoms with Gasteiger partial charge in [0.05, 0.1) is 0 Å². The van der Waals surface area contributed by atoms with Crippen molar-refractivity contribution in [2.75, 3.05) is 12.1 Å². The largest absolute Gasteiger partial charge is 0.454 e. The second kappa shape index (κ2) is 6.88. The van der Waals surface area contributed by atoms with Crippen LogP contribution in [0.4, 0.5) is 5.69 Å². The zero-order valence-electron chi connectivity index (χ0n) is 14.0. The van der Waals surface area contributed by atoms with Crippen LogP contribution in [-0.2, 0) is 4.79 Å². The van der Waals surface area contributed by atoms with Crippen molar-refractivity contribution in [3.8, 4) is 11.5 Å². The van der Waals surface area contributed by atoms with Crippen LogP contribution in [0.5, 0.6) is 11.5 Å². The van der Waals surface area contributed by atoms with E-state index < -0.39 is 0 Å². The lowest BCUT2D eigenvalue weighted by atomic mass is 10.0. The van der Waals surface area contributed by atoms with Crippen molar-refractivity contribution >= 4 is 28.2 Å². The Morgan fingerprint density at radius 3 is 2.54 bits per heavy atom. The molecule has 1 aliphatic rings. The van der Waals surface area contributed by atoms with Gasteiger partial charge in [-0.25, -0.2) is 0 Å². The lowest BCUT2D eigenvalue weighted by molar-refractivity contribution is -0.116. The van der Waals surface area contributed by atoms with Crippen LogP contribution in [0.25, 0.3) is 10.8 Å². The highest BCUT2D eigenvalue weighted by Crippen LogP contribution is 2.34. The van der Waals surface area contributed by atoms with Crippen LogP contribution in [0.3, 0.4) is 0 Å². The average Bonchev–Trinajstić information content (AvgIpc) is 3.13. The number of carbonyl (C=O) groups is 2. The van der Waals surface area contributed by atoms with Gasteiger partial charge in [-0.15, -0.1) is 0 Å². The fourth-order valence-corrected chi connectivity index (χ4v) is 2.93. The Labute approximate surface area is 150 Å². The van der Waals surface area contributed by atoms with Crippen molar-refractivity contribution in [3.63, 3.8) is 0 Å². The van der Waals surface area contributed by atoms with Gasteiger partial charge in [-0.05, 0) is 29.0 Å². The number of rotatable bonds is 5. The molecule has 0 bridgehead atoms. The highest BCUT2D eigenvalue weighted by Gasteiger charge is 2.15. The number of anilines is 1. The zero-order valence-corrected chi connectivity index (χ0v) is 14.0. The van der Waals surface area contributed by atoms with Crippen LogP contribution in [0.1, 0.15) is 23.2 Å². The first-order valence-corrected chi connectivity index (χ1v) is 8.40. The van der Waals surface area contributed by atoms with E-state index in [9.17, 15) is 9.59 Å². The SMILES string of the molecule is O=C(CCC(=O)c1ccc2ccccc2c1)Nc1ccc2c(c1)OCO2. The van der Waals surface area contributed by atoms with E-state index in [0.717, 1.165) is 10.8 Å². The summed E-state index contributed by atoms with van der Waals surface area (Å²) in [6.07, 6.45) is 0.287. The molecular weight excluding hydrogens is 330 g/mol. The number of amides is 1. The van der Waals surface area contributed by atoms with E-state index in [0.29, 0.717) is 22.7 Å². The Balaban J connectivity index is 1.36. The van der Waals surface area contributed by atoms with Gasteiger partial charge in [-0.1, -0.05) is 36.4 Å². The number of Topliss-reactive ketones (excluding diaryl/α,β-unsaturated/α-hetero) is 1. The van der Waals surface area contributed by atoms with Crippen LogP contribution in [0, 0.1) is 0 Å². The molecule has 1 N–H and O–H groups in total. The summed E-state index contributed by atoms with van der Waals surface area (Å²) in [6.45, 7) is 0.187. The van der Waals surface area contributed by atoms with Crippen LogP contribution < -0.4 is 14.8 Å². The van der Waals surface area contributed by atoms with E-state index in [-0.39, 0.29) is 31.3 Å².